The van der Waals surface area contributed by atoms with E-state index >= 15 is 0 Å². The molecule has 1 N–H and O–H groups in total. The highest BCUT2D eigenvalue weighted by molar-refractivity contribution is 5.66. The normalized spacial score (nSPS) is 16.3. The monoisotopic (exact) mass is 308 g/mol. The van der Waals surface area contributed by atoms with Gasteiger partial charge in [0.05, 0.1) is 24.6 Å². The van der Waals surface area contributed by atoms with Crippen molar-refractivity contribution in [1.82, 2.24) is 14.6 Å². The van der Waals surface area contributed by atoms with Gasteiger partial charge in [0.1, 0.15) is 5.82 Å². The van der Waals surface area contributed by atoms with Gasteiger partial charge in [-0.1, -0.05) is 37.3 Å². The summed E-state index contributed by atoms with van der Waals surface area (Å²) in [5.74, 6) is 0.968. The average Bonchev–Trinajstić information content (AvgIpc) is 2.91. The minimum atomic E-state index is 0.199. The number of fused-ring (bicyclic) bond motifs is 1. The first-order valence-corrected chi connectivity index (χ1v) is 7.87. The Morgan fingerprint density at radius 2 is 2.00 bits per heavy atom. The van der Waals surface area contributed by atoms with E-state index in [0.29, 0.717) is 0 Å². The Hall–Kier alpha value is -2.40. The van der Waals surface area contributed by atoms with Crippen molar-refractivity contribution in [3.05, 3.63) is 48.2 Å². The van der Waals surface area contributed by atoms with E-state index in [1.165, 1.54) is 0 Å². The summed E-state index contributed by atoms with van der Waals surface area (Å²) >= 11 is 0. The molecule has 0 unspecified atom stereocenters. The highest BCUT2D eigenvalue weighted by Gasteiger charge is 2.33. The third-order valence-electron chi connectivity index (χ3n) is 4.22. The Bertz CT molecular complexity index is 837. The van der Waals surface area contributed by atoms with Crippen LogP contribution in [0.15, 0.2) is 42.5 Å². The lowest BCUT2D eigenvalue weighted by Gasteiger charge is -2.38. The van der Waals surface area contributed by atoms with Crippen LogP contribution in [0.25, 0.3) is 16.9 Å². The highest BCUT2D eigenvalue weighted by Crippen LogP contribution is 2.28. The van der Waals surface area contributed by atoms with Gasteiger partial charge in [0.2, 0.25) is 0 Å². The summed E-state index contributed by atoms with van der Waals surface area (Å²) in [4.78, 5) is 4.74. The smallest absolute Gasteiger partial charge is 0.158 e. The lowest BCUT2D eigenvalue weighted by atomic mass is 9.89. The molecule has 118 valence electrons. The van der Waals surface area contributed by atoms with E-state index in [1.54, 1.807) is 0 Å². The van der Waals surface area contributed by atoms with Gasteiger partial charge in [-0.25, -0.2) is 4.98 Å². The zero-order chi connectivity index (χ0) is 15.9. The summed E-state index contributed by atoms with van der Waals surface area (Å²) in [5.41, 5.74) is 4.08. The molecule has 23 heavy (non-hydrogen) atoms. The molecule has 3 aromatic rings. The maximum atomic E-state index is 5.34. The second-order valence-corrected chi connectivity index (χ2v) is 6.61. The van der Waals surface area contributed by atoms with E-state index in [1.807, 2.05) is 35.7 Å². The topological polar surface area (TPSA) is 51.5 Å². The number of hydrogen-bond acceptors (Lipinski definition) is 4. The third-order valence-corrected chi connectivity index (χ3v) is 4.22. The first-order valence-electron chi connectivity index (χ1n) is 7.87. The van der Waals surface area contributed by atoms with Crippen molar-refractivity contribution in [2.45, 2.75) is 13.8 Å². The van der Waals surface area contributed by atoms with Gasteiger partial charge < -0.3 is 10.1 Å². The number of benzene rings is 1. The van der Waals surface area contributed by atoms with Crippen molar-refractivity contribution in [3.8, 4) is 11.3 Å². The summed E-state index contributed by atoms with van der Waals surface area (Å²) in [6.07, 6.45) is 0. The number of nitrogens with zero attached hydrogens (tertiary/aromatic N) is 3. The third kappa shape index (κ3) is 2.68. The fourth-order valence-corrected chi connectivity index (χ4v) is 2.83. The van der Waals surface area contributed by atoms with Gasteiger partial charge in [-0.15, -0.1) is 0 Å². The van der Waals surface area contributed by atoms with Crippen LogP contribution in [-0.4, -0.2) is 34.4 Å². The number of anilines is 1. The van der Waals surface area contributed by atoms with E-state index in [9.17, 15) is 0 Å². The predicted octanol–water partition coefficient (Wildman–Crippen LogP) is 3.15. The SMILES string of the molecule is Cc1cc2nc(-c3ccccc3)cc(NCC3(C)COC3)n2n1. The minimum absolute atomic E-state index is 0.199. The predicted molar refractivity (Wildman–Crippen MR) is 90.6 cm³/mol. The van der Waals surface area contributed by atoms with Gasteiger partial charge in [-0.3, -0.25) is 0 Å². The molecule has 4 rings (SSSR count). The van der Waals surface area contributed by atoms with Crippen molar-refractivity contribution in [2.75, 3.05) is 25.1 Å². The van der Waals surface area contributed by atoms with E-state index in [4.69, 9.17) is 9.72 Å². The summed E-state index contributed by atoms with van der Waals surface area (Å²) in [7, 11) is 0. The van der Waals surface area contributed by atoms with Crippen molar-refractivity contribution >= 4 is 11.5 Å². The van der Waals surface area contributed by atoms with Crippen molar-refractivity contribution in [3.63, 3.8) is 0 Å². The molecule has 3 heterocycles. The number of hydrogen-bond donors (Lipinski definition) is 1. The number of aryl methyl sites for hydroxylation is 1. The molecule has 5 heteroatoms. The zero-order valence-electron chi connectivity index (χ0n) is 13.4. The maximum absolute atomic E-state index is 5.34. The second-order valence-electron chi connectivity index (χ2n) is 6.61. The average molecular weight is 308 g/mol. The molecular weight excluding hydrogens is 288 g/mol. The number of nitrogens with one attached hydrogen (secondary N) is 1. The molecular formula is C18H20N4O. The van der Waals surface area contributed by atoms with Crippen molar-refractivity contribution in [1.29, 1.82) is 0 Å². The molecule has 5 nitrogen and oxygen atoms in total. The van der Waals surface area contributed by atoms with Crippen LogP contribution in [0.5, 0.6) is 0 Å². The lowest BCUT2D eigenvalue weighted by Crippen LogP contribution is -2.45. The van der Waals surface area contributed by atoms with Gasteiger partial charge >= 0.3 is 0 Å². The Kier molecular flexibility index (Phi) is 3.31. The highest BCUT2D eigenvalue weighted by atomic mass is 16.5. The van der Waals surface area contributed by atoms with Gasteiger partial charge in [0.15, 0.2) is 5.65 Å². The quantitative estimate of drug-likeness (QED) is 0.804. The molecule has 1 aliphatic rings. The number of rotatable bonds is 4. The summed E-state index contributed by atoms with van der Waals surface area (Å²) in [5, 5.41) is 8.09. The van der Waals surface area contributed by atoms with Crippen LogP contribution in [0.4, 0.5) is 5.82 Å². The molecule has 0 amide bonds. The minimum Gasteiger partial charge on any atom is -0.380 e. The lowest BCUT2D eigenvalue weighted by molar-refractivity contribution is -0.0925. The van der Waals surface area contributed by atoms with Gasteiger partial charge in [0.25, 0.3) is 0 Å². The maximum Gasteiger partial charge on any atom is 0.158 e. The first kappa shape index (κ1) is 14.2. The van der Waals surface area contributed by atoms with E-state index < -0.39 is 0 Å². The second kappa shape index (κ2) is 5.35. The Morgan fingerprint density at radius 1 is 1.22 bits per heavy atom. The molecule has 0 spiro atoms. The van der Waals surface area contributed by atoms with Crippen LogP contribution in [0.3, 0.4) is 0 Å². The van der Waals surface area contributed by atoms with E-state index in [2.05, 4.69) is 35.5 Å². The molecule has 0 atom stereocenters. The molecule has 2 aromatic heterocycles. The molecule has 0 saturated carbocycles. The summed E-state index contributed by atoms with van der Waals surface area (Å²) in [6.45, 7) is 6.69. The van der Waals surface area contributed by atoms with Crippen LogP contribution in [0, 0.1) is 12.3 Å². The standard InChI is InChI=1S/C18H20N4O/c1-13-8-17-20-15(14-6-4-3-5-7-14)9-16(22(17)21-13)19-10-18(2)11-23-12-18/h3-9,19H,10-12H2,1-2H3. The molecule has 1 aromatic carbocycles. The van der Waals surface area contributed by atoms with Gasteiger partial charge in [0, 0.05) is 29.7 Å². The molecule has 0 bridgehead atoms. The van der Waals surface area contributed by atoms with E-state index in [0.717, 1.165) is 48.2 Å². The van der Waals surface area contributed by atoms with Crippen molar-refractivity contribution < 1.29 is 4.74 Å². The first-order chi connectivity index (χ1) is 11.1. The number of aromatic nitrogens is 3. The Balaban J connectivity index is 1.74. The molecule has 1 fully saturated rings. The van der Waals surface area contributed by atoms with Crippen LogP contribution >= 0.6 is 0 Å². The largest absolute Gasteiger partial charge is 0.380 e. The van der Waals surface area contributed by atoms with Crippen LogP contribution in [0.1, 0.15) is 12.6 Å². The molecule has 1 aliphatic heterocycles. The molecule has 1 saturated heterocycles. The van der Waals surface area contributed by atoms with Gasteiger partial charge in [-0.2, -0.15) is 9.61 Å². The van der Waals surface area contributed by atoms with Gasteiger partial charge in [-0.05, 0) is 6.92 Å². The van der Waals surface area contributed by atoms with Crippen LogP contribution in [-0.2, 0) is 4.74 Å². The number of ether oxygens (including phenoxy) is 1. The van der Waals surface area contributed by atoms with Crippen LogP contribution < -0.4 is 5.32 Å². The van der Waals surface area contributed by atoms with Crippen molar-refractivity contribution in [2.24, 2.45) is 5.41 Å². The zero-order valence-corrected chi connectivity index (χ0v) is 13.4. The summed E-state index contributed by atoms with van der Waals surface area (Å²) < 4.78 is 7.22. The Morgan fingerprint density at radius 3 is 2.70 bits per heavy atom. The summed E-state index contributed by atoms with van der Waals surface area (Å²) in [6, 6.07) is 14.3. The molecule has 0 radical (unpaired) electrons. The van der Waals surface area contributed by atoms with Crippen LogP contribution in [0.2, 0.25) is 0 Å². The Labute approximate surface area is 135 Å². The van der Waals surface area contributed by atoms with E-state index in [-0.39, 0.29) is 5.41 Å². The fourth-order valence-electron chi connectivity index (χ4n) is 2.83. The molecule has 0 aliphatic carbocycles. The fraction of sp³-hybridized carbons (Fsp3) is 0.333.